The van der Waals surface area contributed by atoms with E-state index < -0.39 is 0 Å². The summed E-state index contributed by atoms with van der Waals surface area (Å²) >= 11 is 0. The van der Waals surface area contributed by atoms with Gasteiger partial charge in [-0.05, 0) is 39.8 Å². The minimum Gasteiger partial charge on any atom is -0.359 e. The predicted molar refractivity (Wildman–Crippen MR) is 109 cm³/mol. The standard InChI is InChI=1S/C19H35N7O/c1-6-21-19(26-9-7-15(8-10-26)11-18(27)20-2)22-13-17(24(3)4)16-12-23-25(5)14-16/h12,14-15,17H,6-11,13H2,1-5H3,(H,20,27)(H,21,22). The summed E-state index contributed by atoms with van der Waals surface area (Å²) in [6.45, 7) is 5.49. The molecule has 2 heterocycles. The molecular formula is C19H35N7O. The van der Waals surface area contributed by atoms with Gasteiger partial charge in [0, 0.05) is 51.9 Å². The van der Waals surface area contributed by atoms with Crippen LogP contribution >= 0.6 is 0 Å². The van der Waals surface area contributed by atoms with Crippen LogP contribution < -0.4 is 10.6 Å². The van der Waals surface area contributed by atoms with E-state index in [1.807, 2.05) is 17.9 Å². The van der Waals surface area contributed by atoms with Crippen LogP contribution in [0.25, 0.3) is 0 Å². The Hall–Kier alpha value is -2.09. The molecule has 2 N–H and O–H groups in total. The first kappa shape index (κ1) is 21.2. The van der Waals surface area contributed by atoms with Crippen LogP contribution in [0, 0.1) is 5.92 Å². The number of piperidine rings is 1. The number of carbonyl (C=O) groups excluding carboxylic acids is 1. The van der Waals surface area contributed by atoms with Gasteiger partial charge in [-0.1, -0.05) is 0 Å². The number of likely N-dealkylation sites (tertiary alicyclic amines) is 1. The van der Waals surface area contributed by atoms with Crippen molar-refractivity contribution in [1.82, 2.24) is 30.2 Å². The Morgan fingerprint density at radius 3 is 2.63 bits per heavy atom. The maximum Gasteiger partial charge on any atom is 0.220 e. The molecule has 0 aliphatic carbocycles. The lowest BCUT2D eigenvalue weighted by Crippen LogP contribution is -2.46. The molecule has 8 heteroatoms. The highest BCUT2D eigenvalue weighted by Crippen LogP contribution is 2.21. The third-order valence-electron chi connectivity index (χ3n) is 5.15. The number of amides is 1. The smallest absolute Gasteiger partial charge is 0.220 e. The molecule has 0 aromatic carbocycles. The minimum absolute atomic E-state index is 0.138. The Morgan fingerprint density at radius 2 is 2.11 bits per heavy atom. The van der Waals surface area contributed by atoms with Crippen LogP contribution in [0.1, 0.15) is 37.8 Å². The Balaban J connectivity index is 2.00. The summed E-state index contributed by atoms with van der Waals surface area (Å²) in [6, 6.07) is 0.193. The molecule has 0 saturated carbocycles. The van der Waals surface area contributed by atoms with Crippen LogP contribution in [0.15, 0.2) is 17.4 Å². The van der Waals surface area contributed by atoms with Crippen molar-refractivity contribution in [2.45, 2.75) is 32.2 Å². The van der Waals surface area contributed by atoms with Gasteiger partial charge in [-0.25, -0.2) is 0 Å². The highest BCUT2D eigenvalue weighted by Gasteiger charge is 2.23. The fraction of sp³-hybridized carbons (Fsp3) is 0.737. The number of likely N-dealkylation sites (N-methyl/N-ethyl adjacent to an activating group) is 1. The molecule has 1 fully saturated rings. The first-order valence-corrected chi connectivity index (χ1v) is 9.83. The van der Waals surface area contributed by atoms with E-state index in [0.29, 0.717) is 18.9 Å². The van der Waals surface area contributed by atoms with Gasteiger partial charge in [0.25, 0.3) is 0 Å². The van der Waals surface area contributed by atoms with Crippen molar-refractivity contribution in [3.63, 3.8) is 0 Å². The second kappa shape index (κ2) is 10.3. The molecule has 2 rings (SSSR count). The third kappa shape index (κ3) is 6.23. The number of hydrogen-bond donors (Lipinski definition) is 2. The molecule has 1 aromatic heterocycles. The van der Waals surface area contributed by atoms with E-state index in [0.717, 1.165) is 38.4 Å². The van der Waals surface area contributed by atoms with Crippen LogP contribution in [0.3, 0.4) is 0 Å². The monoisotopic (exact) mass is 377 g/mol. The average Bonchev–Trinajstić information content (AvgIpc) is 3.07. The van der Waals surface area contributed by atoms with Crippen molar-refractivity contribution in [1.29, 1.82) is 0 Å². The molecule has 1 aliphatic rings. The van der Waals surface area contributed by atoms with E-state index in [2.05, 4.69) is 52.7 Å². The van der Waals surface area contributed by atoms with E-state index in [1.165, 1.54) is 5.56 Å². The normalized spacial score (nSPS) is 17.3. The number of aromatic nitrogens is 2. The number of nitrogens with zero attached hydrogens (tertiary/aromatic N) is 5. The number of nitrogens with one attached hydrogen (secondary N) is 2. The van der Waals surface area contributed by atoms with E-state index >= 15 is 0 Å². The van der Waals surface area contributed by atoms with Gasteiger partial charge in [-0.15, -0.1) is 0 Å². The summed E-state index contributed by atoms with van der Waals surface area (Å²) < 4.78 is 1.83. The lowest BCUT2D eigenvalue weighted by atomic mass is 9.93. The predicted octanol–water partition coefficient (Wildman–Crippen LogP) is 0.836. The van der Waals surface area contributed by atoms with Crippen LogP contribution in [-0.4, -0.2) is 78.8 Å². The first-order chi connectivity index (χ1) is 12.9. The van der Waals surface area contributed by atoms with Gasteiger partial charge in [-0.3, -0.25) is 14.5 Å². The summed E-state index contributed by atoms with van der Waals surface area (Å²) in [7, 11) is 7.79. The molecule has 1 atom stereocenters. The summed E-state index contributed by atoms with van der Waals surface area (Å²) in [5.41, 5.74) is 1.17. The van der Waals surface area contributed by atoms with Crippen molar-refractivity contribution >= 4 is 11.9 Å². The Bertz CT molecular complexity index is 617. The molecule has 152 valence electrons. The van der Waals surface area contributed by atoms with Gasteiger partial charge in [0.2, 0.25) is 5.91 Å². The van der Waals surface area contributed by atoms with Crippen molar-refractivity contribution in [3.05, 3.63) is 18.0 Å². The molecule has 1 unspecified atom stereocenters. The highest BCUT2D eigenvalue weighted by atomic mass is 16.1. The van der Waals surface area contributed by atoms with Crippen molar-refractivity contribution < 1.29 is 4.79 Å². The summed E-state index contributed by atoms with van der Waals surface area (Å²) in [5.74, 6) is 1.57. The maximum atomic E-state index is 11.6. The number of aliphatic imine (C=N–C) groups is 1. The molecule has 0 bridgehead atoms. The van der Waals surface area contributed by atoms with E-state index in [4.69, 9.17) is 4.99 Å². The average molecular weight is 378 g/mol. The maximum absolute atomic E-state index is 11.6. The fourth-order valence-electron chi connectivity index (χ4n) is 3.49. The number of aryl methyl sites for hydroxylation is 1. The second-order valence-electron chi connectivity index (χ2n) is 7.43. The zero-order valence-electron chi connectivity index (χ0n) is 17.4. The molecule has 1 aromatic rings. The quantitative estimate of drug-likeness (QED) is 0.544. The lowest BCUT2D eigenvalue weighted by molar-refractivity contribution is -0.121. The molecule has 1 amide bonds. The lowest BCUT2D eigenvalue weighted by Gasteiger charge is -2.34. The zero-order chi connectivity index (χ0) is 19.8. The van der Waals surface area contributed by atoms with E-state index in [-0.39, 0.29) is 11.9 Å². The van der Waals surface area contributed by atoms with E-state index in [9.17, 15) is 4.79 Å². The summed E-state index contributed by atoms with van der Waals surface area (Å²) in [4.78, 5) is 21.0. The van der Waals surface area contributed by atoms with Gasteiger partial charge >= 0.3 is 0 Å². The van der Waals surface area contributed by atoms with Crippen molar-refractivity contribution in [3.8, 4) is 0 Å². The molecule has 0 radical (unpaired) electrons. The molecule has 0 spiro atoms. The van der Waals surface area contributed by atoms with Crippen LogP contribution in [0.4, 0.5) is 0 Å². The first-order valence-electron chi connectivity index (χ1n) is 9.83. The van der Waals surface area contributed by atoms with Gasteiger partial charge in [0.05, 0.1) is 18.8 Å². The molecule has 1 saturated heterocycles. The van der Waals surface area contributed by atoms with Gasteiger partial charge in [0.15, 0.2) is 5.96 Å². The van der Waals surface area contributed by atoms with Crippen LogP contribution in [-0.2, 0) is 11.8 Å². The highest BCUT2D eigenvalue weighted by molar-refractivity contribution is 5.80. The fourth-order valence-corrected chi connectivity index (χ4v) is 3.49. The zero-order valence-corrected chi connectivity index (χ0v) is 17.4. The number of guanidine groups is 1. The summed E-state index contributed by atoms with van der Waals surface area (Å²) in [6.07, 6.45) is 6.64. The van der Waals surface area contributed by atoms with Crippen LogP contribution in [0.2, 0.25) is 0 Å². The third-order valence-corrected chi connectivity index (χ3v) is 5.15. The molecule has 8 nitrogen and oxygen atoms in total. The SMILES string of the molecule is CCNC(=NCC(c1cnn(C)c1)N(C)C)N1CCC(CC(=O)NC)CC1. The minimum atomic E-state index is 0.138. The molecular weight excluding hydrogens is 342 g/mol. The largest absolute Gasteiger partial charge is 0.359 e. The molecule has 27 heavy (non-hydrogen) atoms. The second-order valence-corrected chi connectivity index (χ2v) is 7.43. The Morgan fingerprint density at radius 1 is 1.41 bits per heavy atom. The number of carbonyl (C=O) groups is 1. The van der Waals surface area contributed by atoms with Crippen molar-refractivity contribution in [2.75, 3.05) is 47.3 Å². The van der Waals surface area contributed by atoms with Crippen LogP contribution in [0.5, 0.6) is 0 Å². The Kier molecular flexibility index (Phi) is 8.09. The van der Waals surface area contributed by atoms with Gasteiger partial charge in [-0.2, -0.15) is 5.10 Å². The molecule has 1 aliphatic heterocycles. The van der Waals surface area contributed by atoms with E-state index in [1.54, 1.807) is 7.05 Å². The van der Waals surface area contributed by atoms with Crippen molar-refractivity contribution in [2.24, 2.45) is 18.0 Å². The number of hydrogen-bond acceptors (Lipinski definition) is 4. The topological polar surface area (TPSA) is 77.8 Å². The van der Waals surface area contributed by atoms with Gasteiger partial charge in [0.1, 0.15) is 0 Å². The summed E-state index contributed by atoms with van der Waals surface area (Å²) in [5, 5.41) is 10.4. The van der Waals surface area contributed by atoms with Gasteiger partial charge < -0.3 is 20.4 Å². The Labute approximate surface area is 163 Å². The number of rotatable bonds is 7.